The van der Waals surface area contributed by atoms with E-state index in [0.717, 1.165) is 19.4 Å². The largest absolute Gasteiger partial charge is 0.463 e. The molecule has 1 atom stereocenters. The van der Waals surface area contributed by atoms with Gasteiger partial charge in [-0.15, -0.1) is 0 Å². The summed E-state index contributed by atoms with van der Waals surface area (Å²) in [4.78, 5) is 11.8. The van der Waals surface area contributed by atoms with Crippen molar-refractivity contribution in [2.45, 2.75) is 85.7 Å². The van der Waals surface area contributed by atoms with Crippen LogP contribution in [0.25, 0.3) is 0 Å². The molecular weight excluding hydrogens is 292 g/mol. The van der Waals surface area contributed by atoms with Gasteiger partial charge in [0.15, 0.2) is 0 Å². The molecule has 0 saturated carbocycles. The van der Waals surface area contributed by atoms with Gasteiger partial charge in [0.25, 0.3) is 0 Å². The van der Waals surface area contributed by atoms with Gasteiger partial charge in [-0.3, -0.25) is 4.79 Å². The van der Waals surface area contributed by atoms with E-state index in [-0.39, 0.29) is 12.1 Å². The standard InChI is InChI=1S/C19H38O4/c1-6-8-9-10-11-12-13-22-17(3)16-21-14-15-23-18(20)19(4,5)7-2/h17H,6-16H2,1-5H3. The molecule has 23 heavy (non-hydrogen) atoms. The van der Waals surface area contributed by atoms with E-state index in [1.165, 1.54) is 32.1 Å². The van der Waals surface area contributed by atoms with E-state index in [1.807, 2.05) is 27.7 Å². The third kappa shape index (κ3) is 12.5. The molecule has 0 amide bonds. The number of hydrogen-bond acceptors (Lipinski definition) is 4. The van der Waals surface area contributed by atoms with Crippen molar-refractivity contribution in [3.05, 3.63) is 0 Å². The Morgan fingerprint density at radius 3 is 2.26 bits per heavy atom. The molecule has 0 aliphatic heterocycles. The Morgan fingerprint density at radius 1 is 0.957 bits per heavy atom. The fourth-order valence-electron chi connectivity index (χ4n) is 2.00. The molecule has 4 nitrogen and oxygen atoms in total. The number of ether oxygens (including phenoxy) is 3. The summed E-state index contributed by atoms with van der Waals surface area (Å²) >= 11 is 0. The van der Waals surface area contributed by atoms with Crippen molar-refractivity contribution in [2.24, 2.45) is 5.41 Å². The molecule has 0 N–H and O–H groups in total. The normalized spacial score (nSPS) is 13.1. The number of esters is 1. The lowest BCUT2D eigenvalue weighted by molar-refractivity contribution is -0.156. The molecule has 0 aromatic rings. The highest BCUT2D eigenvalue weighted by atomic mass is 16.6. The number of hydrogen-bond donors (Lipinski definition) is 0. The Balaban J connectivity index is 3.43. The Hall–Kier alpha value is -0.610. The number of carbonyl (C=O) groups is 1. The molecule has 0 saturated heterocycles. The van der Waals surface area contributed by atoms with Crippen molar-refractivity contribution in [1.82, 2.24) is 0 Å². The molecule has 0 rings (SSSR count). The fourth-order valence-corrected chi connectivity index (χ4v) is 2.00. The highest BCUT2D eigenvalue weighted by Crippen LogP contribution is 2.21. The van der Waals surface area contributed by atoms with Gasteiger partial charge in [0, 0.05) is 6.61 Å². The summed E-state index contributed by atoms with van der Waals surface area (Å²) in [6, 6.07) is 0. The lowest BCUT2D eigenvalue weighted by atomic mass is 9.91. The van der Waals surface area contributed by atoms with Crippen LogP contribution < -0.4 is 0 Å². The average molecular weight is 331 g/mol. The first-order valence-electron chi connectivity index (χ1n) is 9.30. The molecule has 0 bridgehead atoms. The quantitative estimate of drug-likeness (QED) is 0.321. The van der Waals surface area contributed by atoms with Gasteiger partial charge in [0.1, 0.15) is 6.61 Å². The number of unbranched alkanes of at least 4 members (excludes halogenated alkanes) is 5. The molecule has 0 aromatic heterocycles. The molecule has 1 unspecified atom stereocenters. The van der Waals surface area contributed by atoms with Gasteiger partial charge in [-0.05, 0) is 33.6 Å². The van der Waals surface area contributed by atoms with Crippen molar-refractivity contribution in [3.63, 3.8) is 0 Å². The summed E-state index contributed by atoms with van der Waals surface area (Å²) in [6.07, 6.45) is 8.50. The molecule has 0 aliphatic rings. The fraction of sp³-hybridized carbons (Fsp3) is 0.947. The molecule has 0 aromatic carbocycles. The third-order valence-electron chi connectivity index (χ3n) is 4.15. The lowest BCUT2D eigenvalue weighted by Crippen LogP contribution is -2.27. The summed E-state index contributed by atoms with van der Waals surface area (Å²) < 4.78 is 16.4. The second kappa shape index (κ2) is 13.8. The zero-order chi connectivity index (χ0) is 17.6. The minimum absolute atomic E-state index is 0.0911. The van der Waals surface area contributed by atoms with Crippen LogP contribution in [0.4, 0.5) is 0 Å². The van der Waals surface area contributed by atoms with Gasteiger partial charge >= 0.3 is 5.97 Å². The predicted molar refractivity (Wildman–Crippen MR) is 94.6 cm³/mol. The summed E-state index contributed by atoms with van der Waals surface area (Å²) in [5, 5.41) is 0. The lowest BCUT2D eigenvalue weighted by Gasteiger charge is -2.20. The zero-order valence-corrected chi connectivity index (χ0v) is 16.0. The molecule has 0 spiro atoms. The molecule has 0 radical (unpaired) electrons. The summed E-state index contributed by atoms with van der Waals surface area (Å²) in [5.41, 5.74) is -0.409. The summed E-state index contributed by atoms with van der Waals surface area (Å²) in [7, 11) is 0. The molecular formula is C19H38O4. The van der Waals surface area contributed by atoms with E-state index in [9.17, 15) is 4.79 Å². The van der Waals surface area contributed by atoms with E-state index >= 15 is 0 Å². The van der Waals surface area contributed by atoms with Gasteiger partial charge < -0.3 is 14.2 Å². The predicted octanol–water partition coefficient (Wildman–Crippen LogP) is 4.75. The van der Waals surface area contributed by atoms with Crippen LogP contribution in [0.2, 0.25) is 0 Å². The van der Waals surface area contributed by atoms with Crippen LogP contribution in [0, 0.1) is 5.41 Å². The molecule has 0 aliphatic carbocycles. The van der Waals surface area contributed by atoms with Gasteiger partial charge in [-0.2, -0.15) is 0 Å². The zero-order valence-electron chi connectivity index (χ0n) is 16.0. The Kier molecular flexibility index (Phi) is 13.4. The molecule has 0 heterocycles. The maximum Gasteiger partial charge on any atom is 0.311 e. The summed E-state index contributed by atoms with van der Waals surface area (Å²) in [6.45, 7) is 12.1. The van der Waals surface area contributed by atoms with E-state index < -0.39 is 5.41 Å². The van der Waals surface area contributed by atoms with Crippen molar-refractivity contribution in [2.75, 3.05) is 26.4 Å². The van der Waals surface area contributed by atoms with E-state index in [4.69, 9.17) is 14.2 Å². The van der Waals surface area contributed by atoms with Gasteiger partial charge in [0.05, 0.1) is 24.7 Å². The van der Waals surface area contributed by atoms with Gasteiger partial charge in [0.2, 0.25) is 0 Å². The monoisotopic (exact) mass is 330 g/mol. The van der Waals surface area contributed by atoms with Crippen LogP contribution in [0.5, 0.6) is 0 Å². The Morgan fingerprint density at radius 2 is 1.61 bits per heavy atom. The van der Waals surface area contributed by atoms with Crippen LogP contribution in [-0.2, 0) is 19.0 Å². The first-order valence-corrected chi connectivity index (χ1v) is 9.30. The van der Waals surface area contributed by atoms with Crippen LogP contribution in [0.15, 0.2) is 0 Å². The SMILES string of the molecule is CCCCCCCCOC(C)COCCOC(=O)C(C)(C)CC. The van der Waals surface area contributed by atoms with Crippen molar-refractivity contribution in [1.29, 1.82) is 0 Å². The molecule has 4 heteroatoms. The van der Waals surface area contributed by atoms with Crippen LogP contribution in [0.3, 0.4) is 0 Å². The van der Waals surface area contributed by atoms with Crippen LogP contribution in [0.1, 0.15) is 79.6 Å². The second-order valence-electron chi connectivity index (χ2n) is 6.90. The Bertz CT molecular complexity index is 289. The molecule has 0 fully saturated rings. The number of carbonyl (C=O) groups excluding carboxylic acids is 1. The third-order valence-corrected chi connectivity index (χ3v) is 4.15. The minimum Gasteiger partial charge on any atom is -0.463 e. The van der Waals surface area contributed by atoms with Crippen molar-refractivity contribution >= 4 is 5.97 Å². The maximum absolute atomic E-state index is 11.8. The smallest absolute Gasteiger partial charge is 0.311 e. The van der Waals surface area contributed by atoms with Gasteiger partial charge in [-0.1, -0.05) is 46.0 Å². The maximum atomic E-state index is 11.8. The highest BCUT2D eigenvalue weighted by Gasteiger charge is 2.26. The van der Waals surface area contributed by atoms with Crippen LogP contribution >= 0.6 is 0 Å². The molecule has 138 valence electrons. The topological polar surface area (TPSA) is 44.8 Å². The van der Waals surface area contributed by atoms with E-state index in [0.29, 0.717) is 19.8 Å². The van der Waals surface area contributed by atoms with E-state index in [1.54, 1.807) is 0 Å². The minimum atomic E-state index is -0.409. The van der Waals surface area contributed by atoms with Crippen molar-refractivity contribution in [3.8, 4) is 0 Å². The van der Waals surface area contributed by atoms with Crippen molar-refractivity contribution < 1.29 is 19.0 Å². The van der Waals surface area contributed by atoms with Gasteiger partial charge in [-0.25, -0.2) is 0 Å². The number of rotatable bonds is 15. The van der Waals surface area contributed by atoms with Crippen LogP contribution in [-0.4, -0.2) is 38.5 Å². The first-order chi connectivity index (χ1) is 10.9. The second-order valence-corrected chi connectivity index (χ2v) is 6.90. The summed E-state index contributed by atoms with van der Waals surface area (Å²) in [5.74, 6) is -0.157. The highest BCUT2D eigenvalue weighted by molar-refractivity contribution is 5.75. The van der Waals surface area contributed by atoms with E-state index in [2.05, 4.69) is 6.92 Å². The Labute approximate surface area is 143 Å². The average Bonchev–Trinajstić information content (AvgIpc) is 2.53. The first kappa shape index (κ1) is 22.4.